The van der Waals surface area contributed by atoms with Gasteiger partial charge in [0.1, 0.15) is 0 Å². The summed E-state index contributed by atoms with van der Waals surface area (Å²) in [5, 5.41) is 10.9. The van der Waals surface area contributed by atoms with Crippen LogP contribution in [0.2, 0.25) is 5.02 Å². The lowest BCUT2D eigenvalue weighted by molar-refractivity contribution is -0.137. The Balaban J connectivity index is 2.16. The van der Waals surface area contributed by atoms with Crippen molar-refractivity contribution >= 4 is 39.0 Å². The van der Waals surface area contributed by atoms with E-state index in [1.165, 1.54) is 15.1 Å². The standard InChI is InChI=1S/C14H13ClO2S/c15-9-4-5-11-10(7-9)14-8(6-13(16)17)2-1-3-12(14)18-11/h4-5,7-8H,1-3,6H2,(H,16,17). The Hall–Kier alpha value is -1.06. The summed E-state index contributed by atoms with van der Waals surface area (Å²) in [7, 11) is 0. The van der Waals surface area contributed by atoms with Gasteiger partial charge in [0.05, 0.1) is 6.42 Å². The van der Waals surface area contributed by atoms with Crippen LogP contribution < -0.4 is 0 Å². The number of aryl methyl sites for hydroxylation is 1. The molecule has 0 amide bonds. The van der Waals surface area contributed by atoms with Gasteiger partial charge in [0.15, 0.2) is 0 Å². The highest BCUT2D eigenvalue weighted by Crippen LogP contribution is 2.44. The molecular weight excluding hydrogens is 268 g/mol. The van der Waals surface area contributed by atoms with Gasteiger partial charge >= 0.3 is 5.97 Å². The van der Waals surface area contributed by atoms with Crippen molar-refractivity contribution in [3.05, 3.63) is 33.7 Å². The number of aliphatic carboxylic acids is 1. The van der Waals surface area contributed by atoms with Crippen molar-refractivity contribution in [1.82, 2.24) is 0 Å². The molecule has 0 saturated heterocycles. The number of carbonyl (C=O) groups is 1. The minimum absolute atomic E-state index is 0.151. The molecule has 4 heteroatoms. The third-order valence-electron chi connectivity index (χ3n) is 3.55. The number of hydrogen-bond acceptors (Lipinski definition) is 2. The average Bonchev–Trinajstić information content (AvgIpc) is 2.67. The van der Waals surface area contributed by atoms with Crippen LogP contribution in [0.3, 0.4) is 0 Å². The van der Waals surface area contributed by atoms with Gasteiger partial charge in [-0.1, -0.05) is 11.6 Å². The molecule has 0 fully saturated rings. The molecule has 1 unspecified atom stereocenters. The molecule has 0 spiro atoms. The van der Waals surface area contributed by atoms with E-state index in [4.69, 9.17) is 16.7 Å². The molecule has 2 nitrogen and oxygen atoms in total. The van der Waals surface area contributed by atoms with Gasteiger partial charge in [0.2, 0.25) is 0 Å². The summed E-state index contributed by atoms with van der Waals surface area (Å²) >= 11 is 7.85. The molecule has 18 heavy (non-hydrogen) atoms. The minimum atomic E-state index is -0.714. The van der Waals surface area contributed by atoms with Crippen LogP contribution in [-0.2, 0) is 11.2 Å². The molecule has 1 aromatic carbocycles. The van der Waals surface area contributed by atoms with Crippen LogP contribution in [0.4, 0.5) is 0 Å². The number of hydrogen-bond donors (Lipinski definition) is 1. The normalized spacial score (nSPS) is 18.8. The van der Waals surface area contributed by atoms with Crippen LogP contribution in [0, 0.1) is 0 Å². The van der Waals surface area contributed by atoms with Gasteiger partial charge in [-0.05, 0) is 54.3 Å². The third-order valence-corrected chi connectivity index (χ3v) is 5.03. The lowest BCUT2D eigenvalue weighted by atomic mass is 9.83. The molecule has 1 N–H and O–H groups in total. The van der Waals surface area contributed by atoms with E-state index >= 15 is 0 Å². The van der Waals surface area contributed by atoms with E-state index in [0.717, 1.165) is 29.7 Å². The average molecular weight is 281 g/mol. The van der Waals surface area contributed by atoms with Gasteiger partial charge in [-0.25, -0.2) is 0 Å². The summed E-state index contributed by atoms with van der Waals surface area (Å²) in [6.07, 6.45) is 3.36. The predicted molar refractivity (Wildman–Crippen MR) is 74.8 cm³/mol. The van der Waals surface area contributed by atoms with E-state index in [1.54, 1.807) is 11.3 Å². The maximum Gasteiger partial charge on any atom is 0.303 e. The first-order valence-electron chi connectivity index (χ1n) is 6.08. The molecule has 0 bridgehead atoms. The molecule has 1 atom stereocenters. The van der Waals surface area contributed by atoms with E-state index < -0.39 is 5.97 Å². The summed E-state index contributed by atoms with van der Waals surface area (Å²) in [5.41, 5.74) is 1.24. The molecule has 94 valence electrons. The van der Waals surface area contributed by atoms with Crippen LogP contribution >= 0.6 is 22.9 Å². The second-order valence-corrected chi connectivity index (χ2v) is 6.34. The van der Waals surface area contributed by atoms with Gasteiger partial charge in [-0.3, -0.25) is 4.79 Å². The first-order valence-corrected chi connectivity index (χ1v) is 7.27. The second-order valence-electron chi connectivity index (χ2n) is 4.77. The molecule has 0 radical (unpaired) electrons. The zero-order chi connectivity index (χ0) is 12.7. The Bertz CT molecular complexity index is 618. The highest BCUT2D eigenvalue weighted by atomic mass is 35.5. The summed E-state index contributed by atoms with van der Waals surface area (Å²) < 4.78 is 1.22. The molecular formula is C14H13ClO2S. The van der Waals surface area contributed by atoms with Gasteiger partial charge in [0.25, 0.3) is 0 Å². The van der Waals surface area contributed by atoms with Crippen molar-refractivity contribution in [3.8, 4) is 0 Å². The molecule has 1 aliphatic rings. The number of benzene rings is 1. The van der Waals surface area contributed by atoms with Crippen molar-refractivity contribution in [2.24, 2.45) is 0 Å². The minimum Gasteiger partial charge on any atom is -0.481 e. The summed E-state index contributed by atoms with van der Waals surface area (Å²) in [6, 6.07) is 5.92. The lowest BCUT2D eigenvalue weighted by Gasteiger charge is -2.21. The largest absolute Gasteiger partial charge is 0.481 e. The fourth-order valence-electron chi connectivity index (χ4n) is 2.84. The number of fused-ring (bicyclic) bond motifs is 3. The smallest absolute Gasteiger partial charge is 0.303 e. The lowest BCUT2D eigenvalue weighted by Crippen LogP contribution is -2.11. The third kappa shape index (κ3) is 2.02. The maximum absolute atomic E-state index is 11.0. The summed E-state index contributed by atoms with van der Waals surface area (Å²) in [4.78, 5) is 12.3. The monoisotopic (exact) mass is 280 g/mol. The molecule has 0 saturated carbocycles. The Morgan fingerprint density at radius 2 is 2.33 bits per heavy atom. The molecule has 3 rings (SSSR count). The van der Waals surface area contributed by atoms with Crippen LogP contribution in [-0.4, -0.2) is 11.1 Å². The van der Waals surface area contributed by atoms with Crippen molar-refractivity contribution in [3.63, 3.8) is 0 Å². The van der Waals surface area contributed by atoms with E-state index in [2.05, 4.69) is 0 Å². The van der Waals surface area contributed by atoms with Gasteiger partial charge in [0, 0.05) is 14.6 Å². The van der Waals surface area contributed by atoms with Crippen molar-refractivity contribution < 1.29 is 9.90 Å². The highest BCUT2D eigenvalue weighted by molar-refractivity contribution is 7.19. The zero-order valence-corrected chi connectivity index (χ0v) is 11.4. The Labute approximate surface area is 114 Å². The van der Waals surface area contributed by atoms with Crippen molar-refractivity contribution in [2.75, 3.05) is 0 Å². The Morgan fingerprint density at radius 1 is 1.50 bits per heavy atom. The quantitative estimate of drug-likeness (QED) is 0.882. The number of rotatable bonds is 2. The molecule has 2 aromatic rings. The fourth-order valence-corrected chi connectivity index (χ4v) is 4.33. The van der Waals surface area contributed by atoms with Crippen LogP contribution in [0.5, 0.6) is 0 Å². The zero-order valence-electron chi connectivity index (χ0n) is 9.78. The number of thiophene rings is 1. The van der Waals surface area contributed by atoms with Crippen molar-refractivity contribution in [1.29, 1.82) is 0 Å². The number of carboxylic acid groups (broad SMARTS) is 1. The molecule has 1 heterocycles. The molecule has 1 aliphatic carbocycles. The molecule has 1 aromatic heterocycles. The highest BCUT2D eigenvalue weighted by Gasteiger charge is 2.26. The van der Waals surface area contributed by atoms with Gasteiger partial charge < -0.3 is 5.11 Å². The van der Waals surface area contributed by atoms with Crippen molar-refractivity contribution in [2.45, 2.75) is 31.6 Å². The Kier molecular flexibility index (Phi) is 3.04. The molecule has 0 aliphatic heterocycles. The van der Waals surface area contributed by atoms with Crippen LogP contribution in [0.15, 0.2) is 18.2 Å². The first kappa shape index (κ1) is 12.0. The first-order chi connectivity index (χ1) is 8.65. The van der Waals surface area contributed by atoms with Crippen LogP contribution in [0.25, 0.3) is 10.1 Å². The summed E-state index contributed by atoms with van der Waals surface area (Å²) in [5.74, 6) is -0.562. The van der Waals surface area contributed by atoms with E-state index in [0.29, 0.717) is 0 Å². The Morgan fingerprint density at radius 3 is 3.11 bits per heavy atom. The van der Waals surface area contributed by atoms with Gasteiger partial charge in [-0.15, -0.1) is 11.3 Å². The number of halogens is 1. The number of carboxylic acids is 1. The van der Waals surface area contributed by atoms with Crippen LogP contribution in [0.1, 0.15) is 35.6 Å². The maximum atomic E-state index is 11.0. The fraction of sp³-hybridized carbons (Fsp3) is 0.357. The predicted octanol–water partition coefficient (Wildman–Crippen LogP) is 4.45. The van der Waals surface area contributed by atoms with Gasteiger partial charge in [-0.2, -0.15) is 0 Å². The summed E-state index contributed by atoms with van der Waals surface area (Å²) in [6.45, 7) is 0. The second kappa shape index (κ2) is 4.56. The van der Waals surface area contributed by atoms with E-state index in [-0.39, 0.29) is 12.3 Å². The van der Waals surface area contributed by atoms with E-state index in [9.17, 15) is 4.79 Å². The SMILES string of the molecule is O=C(O)CC1CCCc2sc3ccc(Cl)cc3c21. The topological polar surface area (TPSA) is 37.3 Å². The van der Waals surface area contributed by atoms with E-state index in [1.807, 2.05) is 18.2 Å².